The van der Waals surface area contributed by atoms with E-state index >= 15 is 0 Å². The fraction of sp³-hybridized carbons (Fsp3) is 0.100. The van der Waals surface area contributed by atoms with Gasteiger partial charge in [-0.1, -0.05) is 97.1 Å². The van der Waals surface area contributed by atoms with Crippen molar-refractivity contribution in [2.24, 2.45) is 0 Å². The van der Waals surface area contributed by atoms with Crippen LogP contribution in [-0.4, -0.2) is 19.2 Å². The van der Waals surface area contributed by atoms with E-state index in [4.69, 9.17) is 9.15 Å². The zero-order valence-corrected chi connectivity index (χ0v) is 18.5. The fourth-order valence-electron chi connectivity index (χ4n) is 4.88. The molecule has 4 heteroatoms. The van der Waals surface area contributed by atoms with Gasteiger partial charge in [0.1, 0.15) is 17.8 Å². The monoisotopic (exact) mass is 445 g/mol. The Balaban J connectivity index is 1.10. The number of hydrogen-bond acceptors (Lipinski definition) is 3. The van der Waals surface area contributed by atoms with Crippen molar-refractivity contribution in [3.05, 3.63) is 114 Å². The molecule has 4 nitrogen and oxygen atoms in total. The maximum Gasteiger partial charge on any atom is 0.407 e. The Bertz CT molecular complexity index is 1500. The first-order valence-corrected chi connectivity index (χ1v) is 11.5. The highest BCUT2D eigenvalue weighted by Gasteiger charge is 2.28. The van der Waals surface area contributed by atoms with E-state index in [2.05, 4.69) is 41.7 Å². The van der Waals surface area contributed by atoms with Gasteiger partial charge in [-0.2, -0.15) is 0 Å². The molecular weight excluding hydrogens is 422 g/mol. The Hall–Kier alpha value is -4.31. The number of rotatable bonds is 5. The van der Waals surface area contributed by atoms with Gasteiger partial charge in [0.25, 0.3) is 0 Å². The van der Waals surface area contributed by atoms with Gasteiger partial charge in [0.2, 0.25) is 0 Å². The number of hydrogen-bond donors (Lipinski definition) is 1. The first-order valence-electron chi connectivity index (χ1n) is 11.5. The number of carbonyl (C=O) groups excluding carboxylic acids is 1. The number of furan rings is 1. The summed E-state index contributed by atoms with van der Waals surface area (Å²) in [6.45, 7) is 0.676. The average molecular weight is 446 g/mol. The summed E-state index contributed by atoms with van der Waals surface area (Å²) < 4.78 is 11.7. The third-order valence-electron chi connectivity index (χ3n) is 6.44. The Morgan fingerprint density at radius 3 is 2.29 bits per heavy atom. The van der Waals surface area contributed by atoms with Crippen molar-refractivity contribution in [2.75, 3.05) is 13.2 Å². The lowest BCUT2D eigenvalue weighted by Gasteiger charge is -2.14. The fourth-order valence-corrected chi connectivity index (χ4v) is 4.88. The minimum Gasteiger partial charge on any atom is -0.455 e. The molecule has 0 saturated heterocycles. The SMILES string of the molecule is O=C(NCC=Cc1cccc2c1oc1ccccc12)OCC1c2ccccc2-c2ccccc21. The molecule has 166 valence electrons. The Morgan fingerprint density at radius 2 is 1.50 bits per heavy atom. The number of fused-ring (bicyclic) bond motifs is 6. The molecule has 1 amide bonds. The number of carbonyl (C=O) groups is 1. The van der Waals surface area contributed by atoms with Crippen LogP contribution in [0, 0.1) is 0 Å². The van der Waals surface area contributed by atoms with Crippen molar-refractivity contribution in [3.8, 4) is 11.1 Å². The van der Waals surface area contributed by atoms with Gasteiger partial charge in [-0.05, 0) is 28.3 Å². The van der Waals surface area contributed by atoms with Crippen LogP contribution in [-0.2, 0) is 4.74 Å². The number of nitrogens with one attached hydrogen (secondary N) is 1. The molecule has 0 unspecified atom stereocenters. The Morgan fingerprint density at radius 1 is 0.824 bits per heavy atom. The van der Waals surface area contributed by atoms with Crippen LogP contribution in [0.5, 0.6) is 0 Å². The minimum atomic E-state index is -0.423. The van der Waals surface area contributed by atoms with Gasteiger partial charge in [-0.15, -0.1) is 0 Å². The van der Waals surface area contributed by atoms with Crippen molar-refractivity contribution < 1.29 is 13.9 Å². The van der Waals surface area contributed by atoms with Gasteiger partial charge in [0.15, 0.2) is 0 Å². The molecule has 0 atom stereocenters. The zero-order chi connectivity index (χ0) is 22.9. The highest BCUT2D eigenvalue weighted by atomic mass is 16.5. The van der Waals surface area contributed by atoms with Crippen molar-refractivity contribution in [3.63, 3.8) is 0 Å². The first kappa shape index (κ1) is 20.3. The minimum absolute atomic E-state index is 0.0550. The standard InChI is InChI=1S/C30H23NO3/c32-30(33-19-27-23-13-3-1-11-21(23)22-12-2-4-14-24(22)27)31-18-8-10-20-9-7-16-26-25-15-5-6-17-28(25)34-29(20)26/h1-17,27H,18-19H2,(H,31,32). The van der Waals surface area contributed by atoms with Crippen molar-refractivity contribution >= 4 is 34.1 Å². The van der Waals surface area contributed by atoms with E-state index < -0.39 is 6.09 Å². The molecule has 0 fully saturated rings. The van der Waals surface area contributed by atoms with E-state index in [1.54, 1.807) is 0 Å². The lowest BCUT2D eigenvalue weighted by Crippen LogP contribution is -2.26. The van der Waals surface area contributed by atoms with Crippen LogP contribution >= 0.6 is 0 Å². The van der Waals surface area contributed by atoms with Gasteiger partial charge >= 0.3 is 6.09 Å². The summed E-state index contributed by atoms with van der Waals surface area (Å²) in [5.41, 5.74) is 7.54. The second-order valence-corrected chi connectivity index (χ2v) is 8.43. The number of amides is 1. The first-order chi connectivity index (χ1) is 16.8. The molecule has 1 aromatic heterocycles. The van der Waals surface area contributed by atoms with Crippen LogP contribution in [0.4, 0.5) is 4.79 Å². The number of alkyl carbamates (subject to hydrolysis) is 1. The molecule has 0 bridgehead atoms. The molecule has 0 spiro atoms. The van der Waals surface area contributed by atoms with Crippen molar-refractivity contribution in [1.29, 1.82) is 0 Å². The molecule has 6 rings (SSSR count). The molecular formula is C30H23NO3. The zero-order valence-electron chi connectivity index (χ0n) is 18.5. The molecule has 1 heterocycles. The smallest absolute Gasteiger partial charge is 0.407 e. The van der Waals surface area contributed by atoms with Crippen LogP contribution < -0.4 is 5.32 Å². The Kier molecular flexibility index (Phi) is 5.11. The summed E-state index contributed by atoms with van der Waals surface area (Å²) in [6.07, 6.45) is 3.45. The normalized spacial score (nSPS) is 12.8. The molecule has 1 N–H and O–H groups in total. The largest absolute Gasteiger partial charge is 0.455 e. The maximum atomic E-state index is 12.4. The molecule has 4 aromatic carbocycles. The van der Waals surface area contributed by atoms with Crippen LogP contribution in [0.2, 0.25) is 0 Å². The predicted octanol–water partition coefficient (Wildman–Crippen LogP) is 7.14. The van der Waals surface area contributed by atoms with Crippen LogP contribution in [0.15, 0.2) is 101 Å². The summed E-state index contributed by atoms with van der Waals surface area (Å²) in [7, 11) is 0. The van der Waals surface area contributed by atoms with Crippen LogP contribution in [0.3, 0.4) is 0 Å². The molecule has 0 radical (unpaired) electrons. The summed E-state index contributed by atoms with van der Waals surface area (Å²) in [5, 5.41) is 5.01. The third-order valence-corrected chi connectivity index (χ3v) is 6.44. The molecule has 0 saturated carbocycles. The molecule has 1 aliphatic rings. The topological polar surface area (TPSA) is 51.5 Å². The Labute approximate surface area is 197 Å². The lowest BCUT2D eigenvalue weighted by molar-refractivity contribution is 0.144. The quantitative estimate of drug-likeness (QED) is 0.313. The van der Waals surface area contributed by atoms with E-state index in [1.165, 1.54) is 22.3 Å². The lowest BCUT2D eigenvalue weighted by atomic mass is 9.98. The van der Waals surface area contributed by atoms with Crippen LogP contribution in [0.25, 0.3) is 39.1 Å². The summed E-state index contributed by atoms with van der Waals surface area (Å²) in [5.74, 6) is 0.0550. The number of ether oxygens (including phenoxy) is 1. The van der Waals surface area contributed by atoms with Crippen LogP contribution in [0.1, 0.15) is 22.6 Å². The van der Waals surface area contributed by atoms with E-state index in [-0.39, 0.29) is 5.92 Å². The van der Waals surface area contributed by atoms with Gasteiger partial charge in [-0.3, -0.25) is 0 Å². The number of para-hydroxylation sites is 2. The van der Waals surface area contributed by atoms with Gasteiger partial charge in [0, 0.05) is 28.8 Å². The van der Waals surface area contributed by atoms with Gasteiger partial charge < -0.3 is 14.5 Å². The van der Waals surface area contributed by atoms with E-state index in [0.29, 0.717) is 13.2 Å². The highest BCUT2D eigenvalue weighted by molar-refractivity contribution is 6.07. The maximum absolute atomic E-state index is 12.4. The second-order valence-electron chi connectivity index (χ2n) is 8.43. The average Bonchev–Trinajstić information content (AvgIpc) is 3.42. The molecule has 0 aliphatic heterocycles. The van der Waals surface area contributed by atoms with Gasteiger partial charge in [-0.25, -0.2) is 4.79 Å². The van der Waals surface area contributed by atoms with Gasteiger partial charge in [0.05, 0.1) is 0 Å². The third kappa shape index (κ3) is 3.54. The molecule has 1 aliphatic carbocycles. The molecule has 5 aromatic rings. The van der Waals surface area contributed by atoms with Crippen molar-refractivity contribution in [2.45, 2.75) is 5.92 Å². The predicted molar refractivity (Wildman–Crippen MR) is 136 cm³/mol. The summed E-state index contributed by atoms with van der Waals surface area (Å²) in [4.78, 5) is 12.4. The number of benzene rings is 4. The highest BCUT2D eigenvalue weighted by Crippen LogP contribution is 2.44. The molecule has 34 heavy (non-hydrogen) atoms. The second kappa shape index (κ2) is 8.56. The summed E-state index contributed by atoms with van der Waals surface area (Å²) >= 11 is 0. The van der Waals surface area contributed by atoms with E-state index in [1.807, 2.05) is 66.7 Å². The van der Waals surface area contributed by atoms with E-state index in [9.17, 15) is 4.79 Å². The van der Waals surface area contributed by atoms with E-state index in [0.717, 1.165) is 27.5 Å². The van der Waals surface area contributed by atoms with Crippen molar-refractivity contribution in [1.82, 2.24) is 5.32 Å². The summed E-state index contributed by atoms with van der Waals surface area (Å²) in [6, 6.07) is 30.7.